The molecule has 2 heterocycles. The van der Waals surface area contributed by atoms with Crippen LogP contribution in [-0.2, 0) is 16.7 Å². The van der Waals surface area contributed by atoms with E-state index in [2.05, 4.69) is 53.7 Å². The van der Waals surface area contributed by atoms with E-state index in [0.29, 0.717) is 6.54 Å². The summed E-state index contributed by atoms with van der Waals surface area (Å²) in [4.78, 5) is 9.07. The minimum Gasteiger partial charge on any atom is -0.381 e. The Morgan fingerprint density at radius 2 is 1.86 bits per heavy atom. The number of halogens is 1. The van der Waals surface area contributed by atoms with Gasteiger partial charge in [-0.15, -0.1) is 24.0 Å². The molecule has 6 heteroatoms. The van der Waals surface area contributed by atoms with Gasteiger partial charge in [0.25, 0.3) is 0 Å². The van der Waals surface area contributed by atoms with Crippen molar-refractivity contribution in [3.63, 3.8) is 0 Å². The second-order valence-corrected chi connectivity index (χ2v) is 7.08. The van der Waals surface area contributed by atoms with Crippen molar-refractivity contribution in [3.8, 4) is 0 Å². The number of ether oxygens (including phenoxy) is 1. The van der Waals surface area contributed by atoms with Crippen LogP contribution in [0.15, 0.2) is 53.7 Å². The maximum atomic E-state index is 5.66. The van der Waals surface area contributed by atoms with E-state index in [1.807, 2.05) is 18.2 Å². The molecular weight excluding hydrogens is 463 g/mol. The van der Waals surface area contributed by atoms with Gasteiger partial charge in [0.15, 0.2) is 5.96 Å². The molecule has 0 atom stereocenters. The number of benzene rings is 1. The van der Waals surface area contributed by atoms with Gasteiger partial charge in [-0.05, 0) is 49.9 Å². The third-order valence-electron chi connectivity index (χ3n) is 5.23. The van der Waals surface area contributed by atoms with E-state index >= 15 is 0 Å². The predicted molar refractivity (Wildman–Crippen MR) is 125 cm³/mol. The van der Waals surface area contributed by atoms with Crippen LogP contribution in [0, 0.1) is 6.92 Å². The first-order valence-corrected chi connectivity index (χ1v) is 9.79. The second-order valence-electron chi connectivity index (χ2n) is 7.08. The SMILES string of the molecule is CCNC(=NCc1ccccn1)NCC1(c2ccccc2C)CCOCC1.I. The van der Waals surface area contributed by atoms with Gasteiger partial charge in [0, 0.05) is 37.9 Å². The van der Waals surface area contributed by atoms with Crippen LogP contribution in [0.2, 0.25) is 0 Å². The number of pyridine rings is 1. The molecule has 0 aliphatic carbocycles. The minimum absolute atomic E-state index is 0. The van der Waals surface area contributed by atoms with Crippen molar-refractivity contribution < 1.29 is 4.74 Å². The Morgan fingerprint density at radius 3 is 2.54 bits per heavy atom. The number of nitrogens with one attached hydrogen (secondary N) is 2. The maximum absolute atomic E-state index is 5.66. The molecule has 1 aromatic heterocycles. The average Bonchev–Trinajstić information content (AvgIpc) is 2.72. The van der Waals surface area contributed by atoms with Crippen LogP contribution < -0.4 is 10.6 Å². The van der Waals surface area contributed by atoms with Crippen molar-refractivity contribution >= 4 is 29.9 Å². The second kappa shape index (κ2) is 11.4. The van der Waals surface area contributed by atoms with Crippen LogP contribution in [0.25, 0.3) is 0 Å². The normalized spacial score (nSPS) is 16.1. The fourth-order valence-corrected chi connectivity index (χ4v) is 3.72. The van der Waals surface area contributed by atoms with Crippen molar-refractivity contribution in [2.45, 2.75) is 38.6 Å². The molecule has 2 aromatic rings. The van der Waals surface area contributed by atoms with Crippen molar-refractivity contribution in [3.05, 3.63) is 65.5 Å². The molecule has 0 spiro atoms. The van der Waals surface area contributed by atoms with Crippen molar-refractivity contribution in [2.75, 3.05) is 26.3 Å². The summed E-state index contributed by atoms with van der Waals surface area (Å²) in [6.07, 6.45) is 3.84. The Labute approximate surface area is 185 Å². The molecule has 1 aliphatic rings. The standard InChI is InChI=1S/C22H30N4O.HI/c1-3-23-21(25-16-19-9-6-7-13-24-19)26-17-22(11-14-27-15-12-22)20-10-5-4-8-18(20)2;/h4-10,13H,3,11-12,14-17H2,1-2H3,(H2,23,25,26);1H. The smallest absolute Gasteiger partial charge is 0.191 e. The van der Waals surface area contributed by atoms with E-state index in [4.69, 9.17) is 9.73 Å². The van der Waals surface area contributed by atoms with Crippen LogP contribution in [0.1, 0.15) is 36.6 Å². The molecule has 3 rings (SSSR count). The number of rotatable bonds is 6. The fraction of sp³-hybridized carbons (Fsp3) is 0.455. The highest BCUT2D eigenvalue weighted by molar-refractivity contribution is 14.0. The predicted octanol–water partition coefficient (Wildman–Crippen LogP) is 3.81. The molecule has 0 amide bonds. The lowest BCUT2D eigenvalue weighted by atomic mass is 9.72. The number of nitrogens with zero attached hydrogens (tertiary/aromatic N) is 2. The largest absolute Gasteiger partial charge is 0.381 e. The highest BCUT2D eigenvalue weighted by Crippen LogP contribution is 2.36. The molecule has 1 fully saturated rings. The number of aryl methyl sites for hydroxylation is 1. The molecule has 152 valence electrons. The Balaban J connectivity index is 0.00000280. The van der Waals surface area contributed by atoms with E-state index in [1.54, 1.807) is 6.20 Å². The van der Waals surface area contributed by atoms with Crippen LogP contribution >= 0.6 is 24.0 Å². The average molecular weight is 494 g/mol. The molecular formula is C22H31IN4O. The number of hydrogen-bond donors (Lipinski definition) is 2. The Bertz CT molecular complexity index is 745. The van der Waals surface area contributed by atoms with E-state index in [9.17, 15) is 0 Å². The van der Waals surface area contributed by atoms with E-state index in [-0.39, 0.29) is 29.4 Å². The zero-order valence-electron chi connectivity index (χ0n) is 16.8. The third-order valence-corrected chi connectivity index (χ3v) is 5.23. The molecule has 1 aliphatic heterocycles. The number of aliphatic imine (C=N–C) groups is 1. The first kappa shape index (κ1) is 22.6. The molecule has 0 saturated carbocycles. The third kappa shape index (κ3) is 5.91. The van der Waals surface area contributed by atoms with Gasteiger partial charge in [0.05, 0.1) is 12.2 Å². The number of hydrogen-bond acceptors (Lipinski definition) is 3. The summed E-state index contributed by atoms with van der Waals surface area (Å²) in [5, 5.41) is 6.94. The highest BCUT2D eigenvalue weighted by atomic mass is 127. The highest BCUT2D eigenvalue weighted by Gasteiger charge is 2.35. The van der Waals surface area contributed by atoms with Gasteiger partial charge in [0.2, 0.25) is 0 Å². The zero-order chi connectivity index (χ0) is 19.0. The maximum Gasteiger partial charge on any atom is 0.191 e. The molecule has 0 bridgehead atoms. The van der Waals surface area contributed by atoms with Gasteiger partial charge >= 0.3 is 0 Å². The summed E-state index contributed by atoms with van der Waals surface area (Å²) < 4.78 is 5.66. The quantitative estimate of drug-likeness (QED) is 0.365. The lowest BCUT2D eigenvalue weighted by Gasteiger charge is -2.39. The van der Waals surface area contributed by atoms with E-state index in [1.165, 1.54) is 11.1 Å². The first-order valence-electron chi connectivity index (χ1n) is 9.79. The monoisotopic (exact) mass is 494 g/mol. The van der Waals surface area contributed by atoms with Gasteiger partial charge in [-0.3, -0.25) is 4.98 Å². The summed E-state index contributed by atoms with van der Waals surface area (Å²) in [5.74, 6) is 0.836. The minimum atomic E-state index is 0. The molecule has 28 heavy (non-hydrogen) atoms. The lowest BCUT2D eigenvalue weighted by molar-refractivity contribution is 0.0512. The van der Waals surface area contributed by atoms with Crippen LogP contribution in [0.4, 0.5) is 0 Å². The van der Waals surface area contributed by atoms with Gasteiger partial charge in [0.1, 0.15) is 0 Å². The lowest BCUT2D eigenvalue weighted by Crippen LogP contribution is -2.48. The summed E-state index contributed by atoms with van der Waals surface area (Å²) >= 11 is 0. The summed E-state index contributed by atoms with van der Waals surface area (Å²) in [5.41, 5.74) is 3.80. The molecule has 0 unspecified atom stereocenters. The molecule has 1 aromatic carbocycles. The van der Waals surface area contributed by atoms with Crippen LogP contribution in [0.5, 0.6) is 0 Å². The van der Waals surface area contributed by atoms with Gasteiger partial charge in [-0.2, -0.15) is 0 Å². The van der Waals surface area contributed by atoms with Gasteiger partial charge in [-0.25, -0.2) is 4.99 Å². The van der Waals surface area contributed by atoms with Crippen LogP contribution in [0.3, 0.4) is 0 Å². The number of aromatic nitrogens is 1. The molecule has 2 N–H and O–H groups in total. The fourth-order valence-electron chi connectivity index (χ4n) is 3.72. The summed E-state index contributed by atoms with van der Waals surface area (Å²) in [6.45, 7) is 8.13. The van der Waals surface area contributed by atoms with Crippen molar-refractivity contribution in [1.29, 1.82) is 0 Å². The Hall–Kier alpha value is -1.67. The Morgan fingerprint density at radius 1 is 1.11 bits per heavy atom. The summed E-state index contributed by atoms with van der Waals surface area (Å²) in [7, 11) is 0. The van der Waals surface area contributed by atoms with Crippen LogP contribution in [-0.4, -0.2) is 37.2 Å². The molecule has 0 radical (unpaired) electrons. The summed E-state index contributed by atoms with van der Waals surface area (Å²) in [6, 6.07) is 14.6. The van der Waals surface area contributed by atoms with Gasteiger partial charge < -0.3 is 15.4 Å². The van der Waals surface area contributed by atoms with Crippen molar-refractivity contribution in [2.24, 2.45) is 4.99 Å². The van der Waals surface area contributed by atoms with E-state index in [0.717, 1.165) is 50.8 Å². The first-order chi connectivity index (χ1) is 13.2. The molecule has 1 saturated heterocycles. The van der Waals surface area contributed by atoms with Gasteiger partial charge in [-0.1, -0.05) is 30.3 Å². The number of guanidine groups is 1. The topological polar surface area (TPSA) is 58.5 Å². The zero-order valence-corrected chi connectivity index (χ0v) is 19.1. The van der Waals surface area contributed by atoms with Crippen molar-refractivity contribution in [1.82, 2.24) is 15.6 Å². The van der Waals surface area contributed by atoms with E-state index < -0.39 is 0 Å². The Kier molecular flexibility index (Phi) is 9.18. The molecule has 5 nitrogen and oxygen atoms in total.